The average molecular weight is 280 g/mol. The SMILES string of the molecule is Cc1cnc2c(c1)nc(Cc1ccccc1)n2C(C)CN. The van der Waals surface area contributed by atoms with Crippen LogP contribution in [0.15, 0.2) is 42.6 Å². The van der Waals surface area contributed by atoms with Crippen LogP contribution in [0, 0.1) is 6.92 Å². The maximum absolute atomic E-state index is 5.87. The number of fused-ring (bicyclic) bond motifs is 1. The van der Waals surface area contributed by atoms with Crippen molar-refractivity contribution >= 4 is 11.2 Å². The first-order chi connectivity index (χ1) is 10.2. The zero-order chi connectivity index (χ0) is 14.8. The molecule has 1 atom stereocenters. The van der Waals surface area contributed by atoms with Gasteiger partial charge in [-0.3, -0.25) is 0 Å². The summed E-state index contributed by atoms with van der Waals surface area (Å²) in [6, 6.07) is 12.6. The zero-order valence-electron chi connectivity index (χ0n) is 12.5. The minimum Gasteiger partial charge on any atom is -0.328 e. The average Bonchev–Trinajstić information content (AvgIpc) is 2.84. The van der Waals surface area contributed by atoms with Gasteiger partial charge >= 0.3 is 0 Å². The number of hydrogen-bond donors (Lipinski definition) is 1. The van der Waals surface area contributed by atoms with Crippen LogP contribution in [-0.2, 0) is 6.42 Å². The molecular formula is C17H20N4. The summed E-state index contributed by atoms with van der Waals surface area (Å²) in [4.78, 5) is 9.34. The molecule has 2 aromatic heterocycles. The van der Waals surface area contributed by atoms with Gasteiger partial charge in [-0.1, -0.05) is 30.3 Å². The lowest BCUT2D eigenvalue weighted by Crippen LogP contribution is -2.18. The quantitative estimate of drug-likeness (QED) is 0.799. The molecule has 3 aromatic rings. The van der Waals surface area contributed by atoms with Gasteiger partial charge < -0.3 is 10.3 Å². The van der Waals surface area contributed by atoms with Crippen LogP contribution in [0.1, 0.15) is 29.9 Å². The van der Waals surface area contributed by atoms with Crippen LogP contribution in [0.2, 0.25) is 0 Å². The number of aromatic nitrogens is 3. The fourth-order valence-corrected chi connectivity index (χ4v) is 2.60. The van der Waals surface area contributed by atoms with E-state index in [1.807, 2.05) is 19.2 Å². The summed E-state index contributed by atoms with van der Waals surface area (Å²) in [6.07, 6.45) is 2.68. The van der Waals surface area contributed by atoms with Crippen LogP contribution in [-0.4, -0.2) is 21.1 Å². The van der Waals surface area contributed by atoms with Crippen molar-refractivity contribution in [3.8, 4) is 0 Å². The lowest BCUT2D eigenvalue weighted by molar-refractivity contribution is 0.549. The van der Waals surface area contributed by atoms with Gasteiger partial charge in [0, 0.05) is 25.2 Å². The molecule has 0 aliphatic heterocycles. The Bertz CT molecular complexity index is 746. The Balaban J connectivity index is 2.12. The summed E-state index contributed by atoms with van der Waals surface area (Å²) in [5.41, 5.74) is 10.1. The third-order valence-electron chi connectivity index (χ3n) is 3.73. The molecule has 1 aromatic carbocycles. The van der Waals surface area contributed by atoms with Crippen molar-refractivity contribution in [2.75, 3.05) is 6.54 Å². The van der Waals surface area contributed by atoms with Crippen molar-refractivity contribution in [1.82, 2.24) is 14.5 Å². The van der Waals surface area contributed by atoms with Crippen molar-refractivity contribution in [1.29, 1.82) is 0 Å². The van der Waals surface area contributed by atoms with Crippen molar-refractivity contribution in [2.24, 2.45) is 5.73 Å². The Hall–Kier alpha value is -2.20. The number of nitrogens with two attached hydrogens (primary N) is 1. The van der Waals surface area contributed by atoms with Gasteiger partial charge in [0.1, 0.15) is 11.3 Å². The molecule has 4 nitrogen and oxygen atoms in total. The predicted octanol–water partition coefficient (Wildman–Crippen LogP) is 2.85. The van der Waals surface area contributed by atoms with E-state index in [0.29, 0.717) is 6.54 Å². The van der Waals surface area contributed by atoms with E-state index in [0.717, 1.165) is 29.0 Å². The first-order valence-corrected chi connectivity index (χ1v) is 7.26. The molecule has 2 N–H and O–H groups in total. The fourth-order valence-electron chi connectivity index (χ4n) is 2.60. The van der Waals surface area contributed by atoms with E-state index in [1.165, 1.54) is 5.56 Å². The second-order valence-electron chi connectivity index (χ2n) is 5.50. The van der Waals surface area contributed by atoms with E-state index in [1.54, 1.807) is 0 Å². The molecule has 4 heteroatoms. The minimum atomic E-state index is 0.184. The van der Waals surface area contributed by atoms with E-state index >= 15 is 0 Å². The Morgan fingerprint density at radius 1 is 1.24 bits per heavy atom. The van der Waals surface area contributed by atoms with Gasteiger partial charge in [-0.05, 0) is 31.0 Å². The second kappa shape index (κ2) is 5.66. The standard InChI is InChI=1S/C17H20N4/c1-12-8-15-17(19-11-12)21(13(2)10-18)16(20-15)9-14-6-4-3-5-7-14/h3-8,11,13H,9-10,18H2,1-2H3. The molecule has 3 rings (SSSR count). The summed E-state index contributed by atoms with van der Waals surface area (Å²) in [7, 11) is 0. The van der Waals surface area contributed by atoms with Crippen LogP contribution in [0.25, 0.3) is 11.2 Å². The minimum absolute atomic E-state index is 0.184. The molecular weight excluding hydrogens is 260 g/mol. The van der Waals surface area contributed by atoms with Gasteiger partial charge in [0.05, 0.1) is 0 Å². The molecule has 0 fully saturated rings. The van der Waals surface area contributed by atoms with Crippen molar-refractivity contribution in [3.63, 3.8) is 0 Å². The molecule has 0 aliphatic rings. The third kappa shape index (κ3) is 2.67. The van der Waals surface area contributed by atoms with Gasteiger partial charge in [-0.25, -0.2) is 9.97 Å². The van der Waals surface area contributed by atoms with Gasteiger partial charge in [-0.2, -0.15) is 0 Å². The number of benzene rings is 1. The number of aryl methyl sites for hydroxylation is 1. The normalized spacial score (nSPS) is 12.7. The molecule has 0 spiro atoms. The Morgan fingerprint density at radius 2 is 2.00 bits per heavy atom. The number of nitrogens with zero attached hydrogens (tertiary/aromatic N) is 3. The summed E-state index contributed by atoms with van der Waals surface area (Å²) in [5, 5.41) is 0. The second-order valence-corrected chi connectivity index (χ2v) is 5.50. The highest BCUT2D eigenvalue weighted by molar-refractivity contribution is 5.72. The third-order valence-corrected chi connectivity index (χ3v) is 3.73. The molecule has 0 bridgehead atoms. The summed E-state index contributed by atoms with van der Waals surface area (Å²) in [6.45, 7) is 4.72. The van der Waals surface area contributed by atoms with E-state index in [-0.39, 0.29) is 6.04 Å². The zero-order valence-corrected chi connectivity index (χ0v) is 12.5. The Kier molecular flexibility index (Phi) is 3.71. The molecule has 0 saturated heterocycles. The lowest BCUT2D eigenvalue weighted by Gasteiger charge is -2.15. The van der Waals surface area contributed by atoms with Crippen LogP contribution < -0.4 is 5.73 Å². The number of pyridine rings is 1. The van der Waals surface area contributed by atoms with Crippen LogP contribution in [0.5, 0.6) is 0 Å². The fraction of sp³-hybridized carbons (Fsp3) is 0.294. The lowest BCUT2D eigenvalue weighted by atomic mass is 10.1. The van der Waals surface area contributed by atoms with E-state index in [9.17, 15) is 0 Å². The van der Waals surface area contributed by atoms with E-state index < -0.39 is 0 Å². The monoisotopic (exact) mass is 280 g/mol. The maximum Gasteiger partial charge on any atom is 0.160 e. The largest absolute Gasteiger partial charge is 0.328 e. The predicted molar refractivity (Wildman–Crippen MR) is 85.3 cm³/mol. The van der Waals surface area contributed by atoms with E-state index in [4.69, 9.17) is 10.7 Å². The van der Waals surface area contributed by atoms with Crippen LogP contribution >= 0.6 is 0 Å². The number of hydrogen-bond acceptors (Lipinski definition) is 3. The maximum atomic E-state index is 5.87. The summed E-state index contributed by atoms with van der Waals surface area (Å²) >= 11 is 0. The number of rotatable bonds is 4. The van der Waals surface area contributed by atoms with Gasteiger partial charge in [-0.15, -0.1) is 0 Å². The first-order valence-electron chi connectivity index (χ1n) is 7.26. The van der Waals surface area contributed by atoms with Gasteiger partial charge in [0.25, 0.3) is 0 Å². The van der Waals surface area contributed by atoms with Gasteiger partial charge in [0.2, 0.25) is 0 Å². The molecule has 2 heterocycles. The topological polar surface area (TPSA) is 56.7 Å². The first kappa shape index (κ1) is 13.8. The van der Waals surface area contributed by atoms with Crippen LogP contribution in [0.3, 0.4) is 0 Å². The highest BCUT2D eigenvalue weighted by atomic mass is 15.2. The van der Waals surface area contributed by atoms with Gasteiger partial charge in [0.15, 0.2) is 5.65 Å². The smallest absolute Gasteiger partial charge is 0.160 e. The molecule has 21 heavy (non-hydrogen) atoms. The Labute approximate surface area is 124 Å². The molecule has 0 amide bonds. The highest BCUT2D eigenvalue weighted by Crippen LogP contribution is 2.21. The summed E-state index contributed by atoms with van der Waals surface area (Å²) < 4.78 is 2.17. The molecule has 0 saturated carbocycles. The molecule has 0 aliphatic carbocycles. The molecule has 1 unspecified atom stereocenters. The Morgan fingerprint density at radius 3 is 2.71 bits per heavy atom. The van der Waals surface area contributed by atoms with Crippen molar-refractivity contribution in [3.05, 3.63) is 59.5 Å². The highest BCUT2D eigenvalue weighted by Gasteiger charge is 2.16. The van der Waals surface area contributed by atoms with E-state index in [2.05, 4.69) is 46.8 Å². The van der Waals surface area contributed by atoms with Crippen LogP contribution in [0.4, 0.5) is 0 Å². The number of imidazole rings is 1. The molecule has 0 radical (unpaired) electrons. The molecule has 108 valence electrons. The van der Waals surface area contributed by atoms with Crippen molar-refractivity contribution < 1.29 is 0 Å². The van der Waals surface area contributed by atoms with Crippen molar-refractivity contribution in [2.45, 2.75) is 26.3 Å². The summed E-state index contributed by atoms with van der Waals surface area (Å²) in [5.74, 6) is 1.02.